The summed E-state index contributed by atoms with van der Waals surface area (Å²) in [7, 11) is 0. The van der Waals surface area contributed by atoms with Crippen LogP contribution in [-0.2, 0) is 13.1 Å². The number of urea groups is 1. The number of amides is 3. The first kappa shape index (κ1) is 20.5. The molecule has 0 fully saturated rings. The van der Waals surface area contributed by atoms with Crippen LogP contribution in [0.15, 0.2) is 36.8 Å². The van der Waals surface area contributed by atoms with Gasteiger partial charge in [0.05, 0.1) is 0 Å². The van der Waals surface area contributed by atoms with E-state index in [1.165, 1.54) is 0 Å². The SMILES string of the molecule is CCNC(=O)N1Cc2cnc(C(=O)Nc3cccc(-c4nncn4C(C)C)n3)cc2C1. The van der Waals surface area contributed by atoms with Crippen molar-refractivity contribution in [2.75, 3.05) is 11.9 Å². The second kappa shape index (κ2) is 8.50. The minimum Gasteiger partial charge on any atom is -0.338 e. The largest absolute Gasteiger partial charge is 0.338 e. The van der Waals surface area contributed by atoms with Crippen LogP contribution in [0, 0.1) is 0 Å². The zero-order chi connectivity index (χ0) is 22.0. The van der Waals surface area contributed by atoms with Crippen molar-refractivity contribution >= 4 is 17.8 Å². The van der Waals surface area contributed by atoms with Gasteiger partial charge in [0.1, 0.15) is 23.5 Å². The first-order chi connectivity index (χ1) is 15.0. The molecule has 0 saturated carbocycles. The molecule has 4 rings (SSSR count). The Morgan fingerprint density at radius 1 is 1.19 bits per heavy atom. The van der Waals surface area contributed by atoms with Crippen LogP contribution in [0.2, 0.25) is 0 Å². The number of aromatic nitrogens is 5. The molecule has 2 N–H and O–H groups in total. The fraction of sp³-hybridized carbons (Fsp3) is 0.333. The molecule has 3 amide bonds. The smallest absolute Gasteiger partial charge is 0.317 e. The standard InChI is InChI=1S/C21H24N8O2/c1-4-22-21(31)28-10-14-8-17(23-9-15(14)11-28)20(30)26-18-7-5-6-16(25-18)19-27-24-12-29(19)13(2)3/h5-9,12-13H,4,10-11H2,1-3H3,(H,22,31)(H,25,26,30). The predicted molar refractivity (Wildman–Crippen MR) is 114 cm³/mol. The van der Waals surface area contributed by atoms with E-state index >= 15 is 0 Å². The van der Waals surface area contributed by atoms with Crippen LogP contribution < -0.4 is 10.6 Å². The number of anilines is 1. The van der Waals surface area contributed by atoms with Gasteiger partial charge < -0.3 is 20.1 Å². The third-order valence-corrected chi connectivity index (χ3v) is 5.00. The van der Waals surface area contributed by atoms with E-state index in [0.29, 0.717) is 37.0 Å². The number of carbonyl (C=O) groups is 2. The van der Waals surface area contributed by atoms with Crippen molar-refractivity contribution in [1.29, 1.82) is 0 Å². The quantitative estimate of drug-likeness (QED) is 0.655. The van der Waals surface area contributed by atoms with Gasteiger partial charge in [-0.3, -0.25) is 9.78 Å². The third kappa shape index (κ3) is 4.23. The molecule has 0 aromatic carbocycles. The molecule has 160 valence electrons. The third-order valence-electron chi connectivity index (χ3n) is 5.00. The number of rotatable bonds is 5. The molecule has 0 saturated heterocycles. The van der Waals surface area contributed by atoms with Crippen molar-refractivity contribution in [1.82, 2.24) is 34.9 Å². The Bertz CT molecular complexity index is 1120. The lowest BCUT2D eigenvalue weighted by Gasteiger charge is -2.15. The minimum absolute atomic E-state index is 0.125. The Kier molecular flexibility index (Phi) is 5.61. The first-order valence-corrected chi connectivity index (χ1v) is 10.1. The highest BCUT2D eigenvalue weighted by molar-refractivity contribution is 6.02. The Morgan fingerprint density at radius 2 is 2.00 bits per heavy atom. The number of fused-ring (bicyclic) bond motifs is 1. The van der Waals surface area contributed by atoms with Gasteiger partial charge in [0.15, 0.2) is 5.82 Å². The molecule has 10 heteroatoms. The van der Waals surface area contributed by atoms with Crippen LogP contribution in [0.5, 0.6) is 0 Å². The van der Waals surface area contributed by atoms with Gasteiger partial charge in [-0.15, -0.1) is 10.2 Å². The van der Waals surface area contributed by atoms with Crippen LogP contribution in [0.3, 0.4) is 0 Å². The average Bonchev–Trinajstić information content (AvgIpc) is 3.41. The van der Waals surface area contributed by atoms with Crippen LogP contribution in [0.4, 0.5) is 10.6 Å². The Labute approximate surface area is 179 Å². The zero-order valence-corrected chi connectivity index (χ0v) is 17.7. The first-order valence-electron chi connectivity index (χ1n) is 10.1. The van der Waals surface area contributed by atoms with Gasteiger partial charge in [0.2, 0.25) is 0 Å². The second-order valence-corrected chi connectivity index (χ2v) is 7.55. The molecule has 10 nitrogen and oxygen atoms in total. The van der Waals surface area contributed by atoms with Gasteiger partial charge in [-0.1, -0.05) is 6.07 Å². The van der Waals surface area contributed by atoms with E-state index in [2.05, 4.69) is 30.8 Å². The van der Waals surface area contributed by atoms with Gasteiger partial charge in [-0.05, 0) is 50.1 Å². The number of nitrogens with one attached hydrogen (secondary N) is 2. The molecule has 1 aliphatic heterocycles. The molecule has 0 atom stereocenters. The molecular formula is C21H24N8O2. The van der Waals surface area contributed by atoms with Gasteiger partial charge >= 0.3 is 6.03 Å². The highest BCUT2D eigenvalue weighted by atomic mass is 16.2. The van der Waals surface area contributed by atoms with Crippen LogP contribution in [-0.4, -0.2) is 48.1 Å². The van der Waals surface area contributed by atoms with Crippen molar-refractivity contribution in [3.05, 3.63) is 53.6 Å². The maximum Gasteiger partial charge on any atom is 0.317 e. The summed E-state index contributed by atoms with van der Waals surface area (Å²) in [5, 5.41) is 13.7. The van der Waals surface area contributed by atoms with E-state index in [1.807, 2.05) is 31.4 Å². The van der Waals surface area contributed by atoms with Gasteiger partial charge in [-0.2, -0.15) is 0 Å². The molecule has 31 heavy (non-hydrogen) atoms. The summed E-state index contributed by atoms with van der Waals surface area (Å²) in [6, 6.07) is 7.12. The lowest BCUT2D eigenvalue weighted by atomic mass is 10.1. The minimum atomic E-state index is -0.366. The van der Waals surface area contributed by atoms with Crippen molar-refractivity contribution in [3.8, 4) is 11.5 Å². The highest BCUT2D eigenvalue weighted by Gasteiger charge is 2.24. The lowest BCUT2D eigenvalue weighted by Crippen LogP contribution is -2.36. The molecule has 1 aliphatic rings. The summed E-state index contributed by atoms with van der Waals surface area (Å²) >= 11 is 0. The van der Waals surface area contributed by atoms with E-state index in [0.717, 1.165) is 11.1 Å². The van der Waals surface area contributed by atoms with E-state index in [4.69, 9.17) is 0 Å². The Balaban J connectivity index is 1.50. The fourth-order valence-corrected chi connectivity index (χ4v) is 3.43. The van der Waals surface area contributed by atoms with Crippen LogP contribution in [0.25, 0.3) is 11.5 Å². The molecule has 0 radical (unpaired) electrons. The van der Waals surface area contributed by atoms with Gasteiger partial charge in [0.25, 0.3) is 5.91 Å². The molecule has 0 bridgehead atoms. The van der Waals surface area contributed by atoms with E-state index in [9.17, 15) is 9.59 Å². The molecule has 3 aromatic rings. The normalized spacial score (nSPS) is 12.7. The van der Waals surface area contributed by atoms with E-state index in [-0.39, 0.29) is 23.7 Å². The predicted octanol–water partition coefficient (Wildman–Crippen LogP) is 2.61. The van der Waals surface area contributed by atoms with E-state index in [1.54, 1.807) is 35.6 Å². The lowest BCUT2D eigenvalue weighted by molar-refractivity contribution is 0.102. The monoisotopic (exact) mass is 420 g/mol. The van der Waals surface area contributed by atoms with Crippen molar-refractivity contribution in [2.45, 2.75) is 39.9 Å². The van der Waals surface area contributed by atoms with Crippen LogP contribution in [0.1, 0.15) is 48.4 Å². The number of carbonyl (C=O) groups excluding carboxylic acids is 2. The fourth-order valence-electron chi connectivity index (χ4n) is 3.43. The maximum atomic E-state index is 12.8. The summed E-state index contributed by atoms with van der Waals surface area (Å²) in [5.41, 5.74) is 2.74. The summed E-state index contributed by atoms with van der Waals surface area (Å²) < 4.78 is 1.91. The maximum absolute atomic E-state index is 12.8. The van der Waals surface area contributed by atoms with Gasteiger partial charge in [0, 0.05) is 31.9 Å². The molecule has 3 aromatic heterocycles. The summed E-state index contributed by atoms with van der Waals surface area (Å²) in [4.78, 5) is 35.3. The number of nitrogens with zero attached hydrogens (tertiary/aromatic N) is 6. The topological polar surface area (TPSA) is 118 Å². The number of hydrogen-bond donors (Lipinski definition) is 2. The summed E-state index contributed by atoms with van der Waals surface area (Å²) in [6.45, 7) is 7.44. The zero-order valence-electron chi connectivity index (χ0n) is 17.7. The van der Waals surface area contributed by atoms with Crippen molar-refractivity contribution < 1.29 is 9.59 Å². The molecule has 0 aliphatic carbocycles. The van der Waals surface area contributed by atoms with Gasteiger partial charge in [-0.25, -0.2) is 9.78 Å². The summed E-state index contributed by atoms with van der Waals surface area (Å²) in [6.07, 6.45) is 3.31. The molecular weight excluding hydrogens is 396 g/mol. The highest BCUT2D eigenvalue weighted by Crippen LogP contribution is 2.23. The average molecular weight is 420 g/mol. The van der Waals surface area contributed by atoms with Crippen molar-refractivity contribution in [3.63, 3.8) is 0 Å². The molecule has 0 spiro atoms. The Hall–Kier alpha value is -3.82. The second-order valence-electron chi connectivity index (χ2n) is 7.55. The van der Waals surface area contributed by atoms with Crippen LogP contribution >= 0.6 is 0 Å². The molecule has 0 unspecified atom stereocenters. The van der Waals surface area contributed by atoms with E-state index < -0.39 is 0 Å². The van der Waals surface area contributed by atoms with Crippen molar-refractivity contribution in [2.24, 2.45) is 0 Å². The Morgan fingerprint density at radius 3 is 2.77 bits per heavy atom. The molecule has 4 heterocycles. The number of pyridine rings is 2. The number of hydrogen-bond acceptors (Lipinski definition) is 6. The summed E-state index contributed by atoms with van der Waals surface area (Å²) in [5.74, 6) is 0.661.